The van der Waals surface area contributed by atoms with E-state index in [1.807, 2.05) is 43.5 Å². The number of nitrogens with one attached hydrogen (secondary N) is 1. The van der Waals surface area contributed by atoms with Crippen LogP contribution < -0.4 is 5.32 Å². The number of nitrogens with zero attached hydrogens (tertiary/aromatic N) is 1. The summed E-state index contributed by atoms with van der Waals surface area (Å²) in [7, 11) is 0. The zero-order valence-corrected chi connectivity index (χ0v) is 12.5. The molecule has 0 saturated heterocycles. The molecular weight excluding hydrogens is 263 g/mol. The Balaban J connectivity index is 1.80. The van der Waals surface area contributed by atoms with Crippen LogP contribution in [0.5, 0.6) is 0 Å². The Hall–Kier alpha value is -1.74. The van der Waals surface area contributed by atoms with E-state index >= 15 is 0 Å². The first-order valence-corrected chi connectivity index (χ1v) is 7.58. The van der Waals surface area contributed by atoms with Crippen LogP contribution in [0.15, 0.2) is 42.6 Å². The number of aromatic nitrogens is 1. The van der Waals surface area contributed by atoms with Gasteiger partial charge in [0.1, 0.15) is 5.82 Å². The lowest BCUT2D eigenvalue weighted by Crippen LogP contribution is -2.27. The fraction of sp³-hybridized carbons (Fsp3) is 0.389. The number of benzene rings is 1. The van der Waals surface area contributed by atoms with E-state index in [1.54, 1.807) is 6.07 Å². The summed E-state index contributed by atoms with van der Waals surface area (Å²) in [6, 6.07) is 11.9. The quantitative estimate of drug-likeness (QED) is 0.884. The average Bonchev–Trinajstić information content (AvgIpc) is 3.33. The maximum atomic E-state index is 13.5. The number of hydrogen-bond acceptors (Lipinski definition) is 2. The van der Waals surface area contributed by atoms with Gasteiger partial charge in [0, 0.05) is 18.3 Å². The van der Waals surface area contributed by atoms with E-state index in [-0.39, 0.29) is 17.9 Å². The van der Waals surface area contributed by atoms with Gasteiger partial charge in [0.25, 0.3) is 0 Å². The van der Waals surface area contributed by atoms with Crippen LogP contribution in [-0.2, 0) is 0 Å². The zero-order valence-electron chi connectivity index (χ0n) is 12.5. The van der Waals surface area contributed by atoms with E-state index < -0.39 is 0 Å². The lowest BCUT2D eigenvalue weighted by molar-refractivity contribution is 0.421. The van der Waals surface area contributed by atoms with Gasteiger partial charge in [0.15, 0.2) is 0 Å². The molecule has 21 heavy (non-hydrogen) atoms. The monoisotopic (exact) mass is 284 g/mol. The van der Waals surface area contributed by atoms with Crippen LogP contribution in [-0.4, -0.2) is 4.98 Å². The summed E-state index contributed by atoms with van der Waals surface area (Å²) >= 11 is 0. The van der Waals surface area contributed by atoms with Gasteiger partial charge >= 0.3 is 0 Å². The molecule has 0 aliphatic heterocycles. The molecule has 0 spiro atoms. The second-order valence-electron chi connectivity index (χ2n) is 5.97. The highest BCUT2D eigenvalue weighted by atomic mass is 19.1. The van der Waals surface area contributed by atoms with E-state index in [0.29, 0.717) is 11.5 Å². The van der Waals surface area contributed by atoms with Crippen molar-refractivity contribution in [1.29, 1.82) is 0 Å². The van der Waals surface area contributed by atoms with Crippen molar-refractivity contribution in [1.82, 2.24) is 10.3 Å². The molecule has 1 saturated carbocycles. The minimum absolute atomic E-state index is 0.133. The van der Waals surface area contributed by atoms with Gasteiger partial charge in [0.2, 0.25) is 0 Å². The minimum Gasteiger partial charge on any atom is -0.302 e. The van der Waals surface area contributed by atoms with Crippen LogP contribution in [0.2, 0.25) is 0 Å². The van der Waals surface area contributed by atoms with Crippen molar-refractivity contribution in [2.24, 2.45) is 5.92 Å². The van der Waals surface area contributed by atoms with E-state index in [4.69, 9.17) is 0 Å². The van der Waals surface area contributed by atoms with Gasteiger partial charge in [0.05, 0.1) is 5.69 Å². The van der Waals surface area contributed by atoms with Crippen LogP contribution in [0.4, 0.5) is 4.39 Å². The molecule has 1 aliphatic rings. The second-order valence-corrected chi connectivity index (χ2v) is 5.97. The van der Waals surface area contributed by atoms with E-state index in [0.717, 1.165) is 5.69 Å². The summed E-state index contributed by atoms with van der Waals surface area (Å²) in [5.74, 6) is 0.520. The van der Waals surface area contributed by atoms with Crippen LogP contribution in [0.1, 0.15) is 48.7 Å². The molecule has 2 atom stereocenters. The van der Waals surface area contributed by atoms with Crippen molar-refractivity contribution in [2.75, 3.05) is 0 Å². The number of rotatable bonds is 5. The number of pyridine rings is 1. The molecule has 0 bridgehead atoms. The molecule has 0 radical (unpaired) electrons. The fourth-order valence-electron chi connectivity index (χ4n) is 2.78. The van der Waals surface area contributed by atoms with Crippen LogP contribution in [0.3, 0.4) is 0 Å². The smallest absolute Gasteiger partial charge is 0.126 e. The highest BCUT2D eigenvalue weighted by Crippen LogP contribution is 2.42. The summed E-state index contributed by atoms with van der Waals surface area (Å²) in [5.41, 5.74) is 2.94. The summed E-state index contributed by atoms with van der Waals surface area (Å²) in [5, 5.41) is 3.67. The first kappa shape index (κ1) is 14.2. The Morgan fingerprint density at radius 3 is 2.67 bits per heavy atom. The van der Waals surface area contributed by atoms with E-state index in [9.17, 15) is 4.39 Å². The van der Waals surface area contributed by atoms with Gasteiger partial charge in [-0.15, -0.1) is 0 Å². The molecule has 1 aliphatic carbocycles. The molecule has 1 aromatic heterocycles. The van der Waals surface area contributed by atoms with Crippen molar-refractivity contribution < 1.29 is 4.39 Å². The first-order valence-electron chi connectivity index (χ1n) is 7.58. The Kier molecular flexibility index (Phi) is 4.02. The lowest BCUT2D eigenvalue weighted by atomic mass is 9.99. The van der Waals surface area contributed by atoms with Gasteiger partial charge in [-0.25, -0.2) is 4.39 Å². The molecule has 2 aromatic rings. The van der Waals surface area contributed by atoms with Gasteiger partial charge in [-0.2, -0.15) is 0 Å². The molecule has 110 valence electrons. The van der Waals surface area contributed by atoms with Crippen LogP contribution in [0, 0.1) is 18.7 Å². The molecule has 3 rings (SSSR count). The van der Waals surface area contributed by atoms with Gasteiger partial charge in [-0.05, 0) is 61.9 Å². The standard InChI is InChI=1S/C18H21FN2/c1-12-11-15(8-9-16(12)19)18(14-6-7-14)21-13(2)17-5-3-4-10-20-17/h3-5,8-11,13-14,18,21H,6-7H2,1-2H3/t13-,18+/m0/s1. The van der Waals surface area contributed by atoms with Crippen molar-refractivity contribution >= 4 is 0 Å². The Bertz CT molecular complexity index is 608. The highest BCUT2D eigenvalue weighted by Gasteiger charge is 2.33. The normalized spacial score (nSPS) is 17.5. The Labute approximate surface area is 125 Å². The molecule has 1 aromatic carbocycles. The summed E-state index contributed by atoms with van der Waals surface area (Å²) in [4.78, 5) is 4.41. The largest absolute Gasteiger partial charge is 0.302 e. The van der Waals surface area contributed by atoms with Gasteiger partial charge < -0.3 is 5.32 Å². The number of halogens is 1. The molecule has 1 fully saturated rings. The maximum Gasteiger partial charge on any atom is 0.126 e. The van der Waals surface area contributed by atoms with Crippen LogP contribution in [0.25, 0.3) is 0 Å². The van der Waals surface area contributed by atoms with Crippen molar-refractivity contribution in [3.63, 3.8) is 0 Å². The van der Waals surface area contributed by atoms with Crippen molar-refractivity contribution in [3.05, 3.63) is 65.2 Å². The molecular formula is C18H21FN2. The molecule has 1 N–H and O–H groups in total. The molecule has 2 nitrogen and oxygen atoms in total. The molecule has 0 unspecified atom stereocenters. The number of aryl methyl sites for hydroxylation is 1. The molecule has 1 heterocycles. The topological polar surface area (TPSA) is 24.9 Å². The molecule has 3 heteroatoms. The van der Waals surface area contributed by atoms with Crippen molar-refractivity contribution in [3.8, 4) is 0 Å². The fourth-order valence-corrected chi connectivity index (χ4v) is 2.78. The third kappa shape index (κ3) is 3.30. The summed E-state index contributed by atoms with van der Waals surface area (Å²) in [6.07, 6.45) is 4.30. The zero-order chi connectivity index (χ0) is 14.8. The Morgan fingerprint density at radius 1 is 1.24 bits per heavy atom. The predicted octanol–water partition coefficient (Wildman–Crippen LogP) is 4.33. The van der Waals surface area contributed by atoms with Gasteiger partial charge in [-0.3, -0.25) is 4.98 Å². The second kappa shape index (κ2) is 5.94. The third-order valence-corrected chi connectivity index (χ3v) is 4.20. The van der Waals surface area contributed by atoms with Crippen molar-refractivity contribution in [2.45, 2.75) is 38.8 Å². The summed E-state index contributed by atoms with van der Waals surface area (Å²) < 4.78 is 13.5. The minimum atomic E-state index is -0.133. The van der Waals surface area contributed by atoms with E-state index in [1.165, 1.54) is 18.4 Å². The maximum absolute atomic E-state index is 13.5. The SMILES string of the molecule is Cc1cc([C@H](N[C@@H](C)c2ccccn2)C2CC2)ccc1F. The predicted molar refractivity (Wildman–Crippen MR) is 82.4 cm³/mol. The van der Waals surface area contributed by atoms with E-state index in [2.05, 4.69) is 17.2 Å². The van der Waals surface area contributed by atoms with Crippen LogP contribution >= 0.6 is 0 Å². The van der Waals surface area contributed by atoms with Gasteiger partial charge in [-0.1, -0.05) is 18.2 Å². The number of hydrogen-bond donors (Lipinski definition) is 1. The summed E-state index contributed by atoms with van der Waals surface area (Å²) in [6.45, 7) is 3.96. The highest BCUT2D eigenvalue weighted by molar-refractivity contribution is 5.28. The first-order chi connectivity index (χ1) is 10.1. The molecule has 0 amide bonds. The third-order valence-electron chi connectivity index (χ3n) is 4.20. The Morgan fingerprint density at radius 2 is 2.05 bits per heavy atom. The average molecular weight is 284 g/mol. The lowest BCUT2D eigenvalue weighted by Gasteiger charge is -2.24.